The van der Waals surface area contributed by atoms with Gasteiger partial charge in [0.15, 0.2) is 6.10 Å². The fourth-order valence-corrected chi connectivity index (χ4v) is 1.45. The van der Waals surface area contributed by atoms with Crippen molar-refractivity contribution in [2.45, 2.75) is 26.4 Å². The molecule has 1 rings (SSSR count). The number of hydrogen-bond acceptors (Lipinski definition) is 4. The third-order valence-corrected chi connectivity index (χ3v) is 2.32. The summed E-state index contributed by atoms with van der Waals surface area (Å²) in [7, 11) is 0. The van der Waals surface area contributed by atoms with Gasteiger partial charge < -0.3 is 14.6 Å². The first kappa shape index (κ1) is 14.9. The molecule has 0 fully saturated rings. The molecule has 1 atom stereocenters. The van der Waals surface area contributed by atoms with Crippen molar-refractivity contribution in [1.82, 2.24) is 0 Å². The molecule has 104 valence electrons. The van der Waals surface area contributed by atoms with Crippen LogP contribution in [0.25, 0.3) is 0 Å². The second-order valence-corrected chi connectivity index (χ2v) is 3.75. The molecule has 19 heavy (non-hydrogen) atoms. The zero-order valence-corrected chi connectivity index (χ0v) is 10.7. The van der Waals surface area contributed by atoms with Crippen LogP contribution in [0.15, 0.2) is 18.2 Å². The van der Waals surface area contributed by atoms with E-state index in [-0.39, 0.29) is 17.9 Å². The Bertz CT molecular complexity index is 472. The molecule has 0 aliphatic rings. The first-order valence-electron chi connectivity index (χ1n) is 5.85. The van der Waals surface area contributed by atoms with Crippen LogP contribution in [-0.4, -0.2) is 29.8 Å². The Morgan fingerprint density at radius 1 is 1.32 bits per heavy atom. The van der Waals surface area contributed by atoms with Gasteiger partial charge >= 0.3 is 11.9 Å². The zero-order valence-electron chi connectivity index (χ0n) is 10.7. The predicted molar refractivity (Wildman–Crippen MR) is 64.7 cm³/mol. The van der Waals surface area contributed by atoms with Crippen LogP contribution in [0.4, 0.5) is 4.39 Å². The molecular weight excluding hydrogens is 255 g/mol. The van der Waals surface area contributed by atoms with Gasteiger partial charge in [-0.15, -0.1) is 0 Å². The normalized spacial score (nSPS) is 11.7. The van der Waals surface area contributed by atoms with Crippen LogP contribution in [0.2, 0.25) is 0 Å². The SMILES string of the molecule is CCOC(=O)C(CC)Oc1cc(F)cc(C(=O)O)c1. The highest BCUT2D eigenvalue weighted by Crippen LogP contribution is 2.19. The maximum Gasteiger partial charge on any atom is 0.347 e. The summed E-state index contributed by atoms with van der Waals surface area (Å²) in [5.41, 5.74) is -0.242. The number of halogens is 1. The minimum absolute atomic E-state index is 0.0164. The molecule has 1 unspecified atom stereocenters. The van der Waals surface area contributed by atoms with Crippen LogP contribution < -0.4 is 4.74 Å². The number of carboxylic acids is 1. The fraction of sp³-hybridized carbons (Fsp3) is 0.385. The van der Waals surface area contributed by atoms with Crippen LogP contribution in [0.5, 0.6) is 5.75 Å². The average Bonchev–Trinajstić information content (AvgIpc) is 2.35. The number of aromatic carboxylic acids is 1. The first-order valence-corrected chi connectivity index (χ1v) is 5.85. The molecular formula is C13H15FO5. The Morgan fingerprint density at radius 2 is 2.00 bits per heavy atom. The summed E-state index contributed by atoms with van der Waals surface area (Å²) in [6, 6.07) is 3.06. The van der Waals surface area contributed by atoms with E-state index in [9.17, 15) is 14.0 Å². The molecule has 1 aromatic carbocycles. The van der Waals surface area contributed by atoms with Gasteiger partial charge in [0.1, 0.15) is 11.6 Å². The summed E-state index contributed by atoms with van der Waals surface area (Å²) in [5, 5.41) is 8.80. The number of carbonyl (C=O) groups is 2. The third-order valence-electron chi connectivity index (χ3n) is 2.32. The third kappa shape index (κ3) is 4.24. The van der Waals surface area contributed by atoms with Gasteiger partial charge in [0.05, 0.1) is 12.2 Å². The van der Waals surface area contributed by atoms with Crippen molar-refractivity contribution in [3.05, 3.63) is 29.6 Å². The number of ether oxygens (including phenoxy) is 2. The van der Waals surface area contributed by atoms with Crippen molar-refractivity contribution < 1.29 is 28.6 Å². The average molecular weight is 270 g/mol. The molecule has 5 nitrogen and oxygen atoms in total. The molecule has 0 radical (unpaired) electrons. The first-order chi connectivity index (χ1) is 8.97. The summed E-state index contributed by atoms with van der Waals surface area (Å²) in [6.45, 7) is 3.58. The quantitative estimate of drug-likeness (QED) is 0.802. The van der Waals surface area contributed by atoms with Crippen LogP contribution >= 0.6 is 0 Å². The van der Waals surface area contributed by atoms with Gasteiger partial charge in [0.2, 0.25) is 0 Å². The maximum absolute atomic E-state index is 13.2. The van der Waals surface area contributed by atoms with Crippen molar-refractivity contribution >= 4 is 11.9 Å². The molecule has 0 heterocycles. The van der Waals surface area contributed by atoms with Gasteiger partial charge in [-0.25, -0.2) is 14.0 Å². The van der Waals surface area contributed by atoms with E-state index < -0.39 is 23.9 Å². The Morgan fingerprint density at radius 3 is 2.53 bits per heavy atom. The number of rotatable bonds is 6. The van der Waals surface area contributed by atoms with Gasteiger partial charge in [0, 0.05) is 6.07 Å². The zero-order chi connectivity index (χ0) is 14.4. The largest absolute Gasteiger partial charge is 0.479 e. The minimum Gasteiger partial charge on any atom is -0.479 e. The molecule has 1 N–H and O–H groups in total. The highest BCUT2D eigenvalue weighted by atomic mass is 19.1. The number of carboxylic acid groups (broad SMARTS) is 1. The van der Waals surface area contributed by atoms with E-state index in [1.54, 1.807) is 13.8 Å². The number of esters is 1. The van der Waals surface area contributed by atoms with Crippen LogP contribution in [-0.2, 0) is 9.53 Å². The van der Waals surface area contributed by atoms with Crippen molar-refractivity contribution in [2.24, 2.45) is 0 Å². The molecule has 0 aromatic heterocycles. The van der Waals surface area contributed by atoms with Gasteiger partial charge in [-0.3, -0.25) is 0 Å². The second-order valence-electron chi connectivity index (χ2n) is 3.75. The minimum atomic E-state index is -1.27. The van der Waals surface area contributed by atoms with Crippen LogP contribution in [0, 0.1) is 5.82 Å². The van der Waals surface area contributed by atoms with E-state index in [2.05, 4.69) is 0 Å². The molecule has 0 bridgehead atoms. The second kappa shape index (κ2) is 6.72. The maximum atomic E-state index is 13.2. The molecule has 0 saturated carbocycles. The van der Waals surface area contributed by atoms with E-state index in [1.807, 2.05) is 0 Å². The summed E-state index contributed by atoms with van der Waals surface area (Å²) in [5.74, 6) is -2.59. The van der Waals surface area contributed by atoms with Crippen LogP contribution in [0.3, 0.4) is 0 Å². The van der Waals surface area contributed by atoms with Gasteiger partial charge in [0.25, 0.3) is 0 Å². The topological polar surface area (TPSA) is 72.8 Å². The number of hydrogen-bond donors (Lipinski definition) is 1. The van der Waals surface area contributed by atoms with Gasteiger partial charge in [-0.2, -0.15) is 0 Å². The smallest absolute Gasteiger partial charge is 0.347 e. The van der Waals surface area contributed by atoms with Crippen molar-refractivity contribution in [2.75, 3.05) is 6.61 Å². The molecule has 0 aliphatic carbocycles. The lowest BCUT2D eigenvalue weighted by atomic mass is 10.2. The highest BCUT2D eigenvalue weighted by Gasteiger charge is 2.20. The lowest BCUT2D eigenvalue weighted by molar-refractivity contribution is -0.151. The summed E-state index contributed by atoms with van der Waals surface area (Å²) in [6.07, 6.45) is -0.555. The molecule has 0 amide bonds. The molecule has 1 aromatic rings. The van der Waals surface area contributed by atoms with Crippen molar-refractivity contribution in [1.29, 1.82) is 0 Å². The summed E-state index contributed by atoms with van der Waals surface area (Å²) < 4.78 is 23.3. The standard InChI is InChI=1S/C13H15FO5/c1-3-11(13(17)18-4-2)19-10-6-8(12(15)16)5-9(14)7-10/h5-7,11H,3-4H2,1-2H3,(H,15,16). The monoisotopic (exact) mass is 270 g/mol. The Hall–Kier alpha value is -2.11. The molecule has 0 spiro atoms. The van der Waals surface area contributed by atoms with E-state index in [0.717, 1.165) is 18.2 Å². The van der Waals surface area contributed by atoms with E-state index >= 15 is 0 Å². The molecule has 6 heteroatoms. The van der Waals surface area contributed by atoms with Crippen molar-refractivity contribution in [3.63, 3.8) is 0 Å². The predicted octanol–water partition coefficient (Wildman–Crippen LogP) is 2.24. The van der Waals surface area contributed by atoms with Gasteiger partial charge in [-0.05, 0) is 25.5 Å². The van der Waals surface area contributed by atoms with E-state index in [1.165, 1.54) is 0 Å². The van der Waals surface area contributed by atoms with Crippen LogP contribution in [0.1, 0.15) is 30.6 Å². The Labute approximate surface area is 109 Å². The fourth-order valence-electron chi connectivity index (χ4n) is 1.45. The molecule has 0 aliphatic heterocycles. The van der Waals surface area contributed by atoms with E-state index in [4.69, 9.17) is 14.6 Å². The van der Waals surface area contributed by atoms with Gasteiger partial charge in [-0.1, -0.05) is 6.92 Å². The van der Waals surface area contributed by atoms with Crippen molar-refractivity contribution in [3.8, 4) is 5.75 Å². The Kier molecular flexibility index (Phi) is 5.29. The summed E-state index contributed by atoms with van der Waals surface area (Å²) in [4.78, 5) is 22.3. The number of benzene rings is 1. The Balaban J connectivity index is 2.91. The highest BCUT2D eigenvalue weighted by molar-refractivity contribution is 5.88. The number of carbonyl (C=O) groups excluding carboxylic acids is 1. The molecule has 0 saturated heterocycles. The van der Waals surface area contributed by atoms with E-state index in [0.29, 0.717) is 6.42 Å². The lowest BCUT2D eigenvalue weighted by Crippen LogP contribution is -2.28. The lowest BCUT2D eigenvalue weighted by Gasteiger charge is -2.16. The summed E-state index contributed by atoms with van der Waals surface area (Å²) >= 11 is 0.